The van der Waals surface area contributed by atoms with Crippen molar-refractivity contribution in [2.24, 2.45) is 0 Å². The van der Waals surface area contributed by atoms with Crippen LogP contribution in [0.15, 0.2) is 4.52 Å². The molecule has 1 rings (SSSR count). The third kappa shape index (κ3) is 0.896. The summed E-state index contributed by atoms with van der Waals surface area (Å²) in [6.45, 7) is 3.91. The van der Waals surface area contributed by atoms with Crippen LogP contribution in [0.5, 0.6) is 0 Å². The first-order chi connectivity index (χ1) is 4.25. The topological polar surface area (TPSA) is 52.0 Å². The summed E-state index contributed by atoms with van der Waals surface area (Å²) in [6.07, 6.45) is 0.890. The van der Waals surface area contributed by atoms with Gasteiger partial charge in [0.2, 0.25) is 5.88 Å². The van der Waals surface area contributed by atoms with E-state index >= 15 is 0 Å². The molecule has 9 heavy (non-hydrogen) atoms. The van der Waals surface area contributed by atoms with E-state index in [9.17, 15) is 0 Å². The van der Waals surface area contributed by atoms with Gasteiger partial charge in [0.25, 0.3) is 0 Å². The number of anilines is 1. The summed E-state index contributed by atoms with van der Waals surface area (Å²) in [4.78, 5) is 0. The lowest BCUT2D eigenvalue weighted by Crippen LogP contribution is -1.88. The maximum absolute atomic E-state index is 5.42. The van der Waals surface area contributed by atoms with Crippen LogP contribution < -0.4 is 5.73 Å². The van der Waals surface area contributed by atoms with E-state index < -0.39 is 0 Å². The molecule has 1 aromatic rings. The van der Waals surface area contributed by atoms with E-state index in [0.717, 1.165) is 17.7 Å². The van der Waals surface area contributed by atoms with Gasteiger partial charge in [-0.15, -0.1) is 0 Å². The molecule has 1 aromatic heterocycles. The largest absolute Gasteiger partial charge is 0.367 e. The Balaban J connectivity index is 3.07. The van der Waals surface area contributed by atoms with Gasteiger partial charge in [0.15, 0.2) is 0 Å². The van der Waals surface area contributed by atoms with E-state index in [1.165, 1.54) is 0 Å². The molecule has 50 valence electrons. The molecule has 0 radical (unpaired) electrons. The molecule has 0 aliphatic carbocycles. The van der Waals surface area contributed by atoms with Gasteiger partial charge in [-0.3, -0.25) is 0 Å². The maximum Gasteiger partial charge on any atom is 0.225 e. The summed E-state index contributed by atoms with van der Waals surface area (Å²) in [5.41, 5.74) is 7.34. The van der Waals surface area contributed by atoms with E-state index in [1.54, 1.807) is 0 Å². The second-order valence-corrected chi connectivity index (χ2v) is 1.96. The van der Waals surface area contributed by atoms with Crippen LogP contribution in [-0.4, -0.2) is 5.16 Å². The van der Waals surface area contributed by atoms with Gasteiger partial charge < -0.3 is 10.3 Å². The maximum atomic E-state index is 5.42. The Bertz CT molecular complexity index is 185. The van der Waals surface area contributed by atoms with Crippen LogP contribution in [0.25, 0.3) is 0 Å². The Morgan fingerprint density at radius 2 is 2.33 bits per heavy atom. The lowest BCUT2D eigenvalue weighted by molar-refractivity contribution is 0.431. The molecule has 0 amide bonds. The van der Waals surface area contributed by atoms with Crippen molar-refractivity contribution in [3.05, 3.63) is 11.3 Å². The average molecular weight is 126 g/mol. The van der Waals surface area contributed by atoms with Crippen LogP contribution >= 0.6 is 0 Å². The van der Waals surface area contributed by atoms with Crippen LogP contribution in [0, 0.1) is 6.92 Å². The highest BCUT2D eigenvalue weighted by molar-refractivity contribution is 5.37. The summed E-state index contributed by atoms with van der Waals surface area (Å²) in [6, 6.07) is 0. The average Bonchev–Trinajstić information content (AvgIpc) is 2.12. The van der Waals surface area contributed by atoms with Crippen LogP contribution in [-0.2, 0) is 6.42 Å². The second kappa shape index (κ2) is 2.09. The van der Waals surface area contributed by atoms with Gasteiger partial charge in [0.05, 0.1) is 5.69 Å². The quantitative estimate of drug-likeness (QED) is 0.613. The zero-order valence-corrected chi connectivity index (χ0v) is 5.64. The van der Waals surface area contributed by atoms with E-state index in [0.29, 0.717) is 5.88 Å². The predicted molar refractivity (Wildman–Crippen MR) is 35.0 cm³/mol. The molecule has 0 fully saturated rings. The van der Waals surface area contributed by atoms with Gasteiger partial charge in [0, 0.05) is 5.56 Å². The number of nitrogen functional groups attached to an aromatic ring is 1. The van der Waals surface area contributed by atoms with E-state index in [1.807, 2.05) is 13.8 Å². The number of rotatable bonds is 1. The van der Waals surface area contributed by atoms with Crippen molar-refractivity contribution in [1.82, 2.24) is 5.16 Å². The molecule has 3 nitrogen and oxygen atoms in total. The van der Waals surface area contributed by atoms with Crippen molar-refractivity contribution >= 4 is 5.88 Å². The molecule has 0 aromatic carbocycles. The van der Waals surface area contributed by atoms with Crippen LogP contribution in [0.3, 0.4) is 0 Å². The molecule has 0 unspecified atom stereocenters. The van der Waals surface area contributed by atoms with Crippen LogP contribution in [0.1, 0.15) is 18.2 Å². The standard InChI is InChI=1S/C6H10N2O/c1-3-5-4(2)8-9-6(5)7/h3,7H2,1-2H3. The SMILES string of the molecule is CCc1c(C)noc1N. The zero-order valence-electron chi connectivity index (χ0n) is 5.64. The minimum atomic E-state index is 0.454. The number of hydrogen-bond donors (Lipinski definition) is 1. The zero-order chi connectivity index (χ0) is 6.85. The lowest BCUT2D eigenvalue weighted by Gasteiger charge is -1.88. The van der Waals surface area contributed by atoms with Gasteiger partial charge in [-0.25, -0.2) is 0 Å². The Morgan fingerprint density at radius 3 is 2.56 bits per heavy atom. The van der Waals surface area contributed by atoms with Gasteiger partial charge in [-0.1, -0.05) is 12.1 Å². The number of hydrogen-bond acceptors (Lipinski definition) is 3. The predicted octanol–water partition coefficient (Wildman–Crippen LogP) is 1.13. The molecule has 0 atom stereocenters. The van der Waals surface area contributed by atoms with Gasteiger partial charge >= 0.3 is 0 Å². The van der Waals surface area contributed by atoms with Crippen molar-refractivity contribution in [2.75, 3.05) is 5.73 Å². The minimum absolute atomic E-state index is 0.454. The van der Waals surface area contributed by atoms with Gasteiger partial charge in [-0.05, 0) is 13.3 Å². The Morgan fingerprint density at radius 1 is 1.67 bits per heavy atom. The molecular weight excluding hydrogens is 116 g/mol. The fraction of sp³-hybridized carbons (Fsp3) is 0.500. The third-order valence-electron chi connectivity index (χ3n) is 1.37. The number of aromatic nitrogens is 1. The molecule has 0 bridgehead atoms. The number of nitrogens with two attached hydrogens (primary N) is 1. The molecular formula is C6H10N2O. The van der Waals surface area contributed by atoms with E-state index in [2.05, 4.69) is 5.16 Å². The molecule has 0 aliphatic heterocycles. The van der Waals surface area contributed by atoms with Crippen LogP contribution in [0.2, 0.25) is 0 Å². The highest BCUT2D eigenvalue weighted by Crippen LogP contribution is 2.14. The summed E-state index contributed by atoms with van der Waals surface area (Å²) in [7, 11) is 0. The molecule has 3 heteroatoms. The van der Waals surface area contributed by atoms with Crippen molar-refractivity contribution < 1.29 is 4.52 Å². The van der Waals surface area contributed by atoms with Crippen molar-refractivity contribution in [2.45, 2.75) is 20.3 Å². The monoisotopic (exact) mass is 126 g/mol. The fourth-order valence-electron chi connectivity index (χ4n) is 0.836. The van der Waals surface area contributed by atoms with E-state index in [4.69, 9.17) is 10.3 Å². The van der Waals surface area contributed by atoms with Gasteiger partial charge in [0.1, 0.15) is 0 Å². The first-order valence-corrected chi connectivity index (χ1v) is 2.96. The lowest BCUT2D eigenvalue weighted by atomic mass is 10.2. The molecule has 2 N–H and O–H groups in total. The third-order valence-corrected chi connectivity index (χ3v) is 1.37. The molecule has 0 saturated carbocycles. The first-order valence-electron chi connectivity index (χ1n) is 2.96. The summed E-state index contributed by atoms with van der Waals surface area (Å²) < 4.78 is 4.71. The van der Waals surface area contributed by atoms with E-state index in [-0.39, 0.29) is 0 Å². The number of nitrogens with zero attached hydrogens (tertiary/aromatic N) is 1. The van der Waals surface area contributed by atoms with Crippen molar-refractivity contribution in [1.29, 1.82) is 0 Å². The summed E-state index contributed by atoms with van der Waals surface area (Å²) in [5, 5.41) is 3.69. The Hall–Kier alpha value is -0.990. The molecule has 0 saturated heterocycles. The highest BCUT2D eigenvalue weighted by atomic mass is 16.5. The number of aryl methyl sites for hydroxylation is 1. The fourth-order valence-corrected chi connectivity index (χ4v) is 0.836. The molecule has 1 heterocycles. The minimum Gasteiger partial charge on any atom is -0.367 e. The first kappa shape index (κ1) is 6.13. The summed E-state index contributed by atoms with van der Waals surface area (Å²) >= 11 is 0. The highest BCUT2D eigenvalue weighted by Gasteiger charge is 2.05. The van der Waals surface area contributed by atoms with Gasteiger partial charge in [-0.2, -0.15) is 0 Å². The van der Waals surface area contributed by atoms with Crippen molar-refractivity contribution in [3.63, 3.8) is 0 Å². The van der Waals surface area contributed by atoms with Crippen molar-refractivity contribution in [3.8, 4) is 0 Å². The summed E-state index contributed by atoms with van der Waals surface area (Å²) in [5.74, 6) is 0.454. The normalized spacial score (nSPS) is 10.0. The molecule has 0 spiro atoms. The smallest absolute Gasteiger partial charge is 0.225 e. The Labute approximate surface area is 53.8 Å². The van der Waals surface area contributed by atoms with Crippen LogP contribution in [0.4, 0.5) is 5.88 Å². The second-order valence-electron chi connectivity index (χ2n) is 1.96. The molecule has 0 aliphatic rings. The Kier molecular flexibility index (Phi) is 1.42.